The van der Waals surface area contributed by atoms with Crippen molar-refractivity contribution in [2.24, 2.45) is 0 Å². The van der Waals surface area contributed by atoms with E-state index in [2.05, 4.69) is 4.90 Å². The third-order valence-corrected chi connectivity index (χ3v) is 4.79. The second kappa shape index (κ2) is 8.97. The van der Waals surface area contributed by atoms with Gasteiger partial charge < -0.3 is 14.4 Å². The van der Waals surface area contributed by atoms with E-state index in [1.165, 1.54) is 13.2 Å². The molecule has 1 aliphatic heterocycles. The summed E-state index contributed by atoms with van der Waals surface area (Å²) in [6, 6.07) is 12.6. The summed E-state index contributed by atoms with van der Waals surface area (Å²) in [5.74, 6) is -0.0412. The molecular weight excluding hydrogens is 347 g/mol. The summed E-state index contributed by atoms with van der Waals surface area (Å²) < 4.78 is 23.9. The smallest absolute Gasteiger partial charge is 0.253 e. The Balaban J connectivity index is 1.53. The molecule has 5 nitrogen and oxygen atoms in total. The molecule has 1 saturated heterocycles. The van der Waals surface area contributed by atoms with Gasteiger partial charge in [0.1, 0.15) is 0 Å². The van der Waals surface area contributed by atoms with E-state index in [0.29, 0.717) is 31.8 Å². The van der Waals surface area contributed by atoms with Crippen LogP contribution in [0.15, 0.2) is 42.5 Å². The number of hydrogen-bond acceptors (Lipinski definition) is 4. The van der Waals surface area contributed by atoms with Gasteiger partial charge in [0.2, 0.25) is 0 Å². The zero-order valence-electron chi connectivity index (χ0n) is 15.8. The van der Waals surface area contributed by atoms with Crippen molar-refractivity contribution in [2.45, 2.75) is 13.2 Å². The fraction of sp³-hybridized carbons (Fsp3) is 0.381. The average Bonchev–Trinajstić information content (AvgIpc) is 2.69. The third kappa shape index (κ3) is 4.84. The summed E-state index contributed by atoms with van der Waals surface area (Å²) in [4.78, 5) is 16.8. The second-order valence-electron chi connectivity index (χ2n) is 6.67. The van der Waals surface area contributed by atoms with E-state index < -0.39 is 0 Å². The molecule has 2 aromatic carbocycles. The van der Waals surface area contributed by atoms with Crippen LogP contribution >= 0.6 is 0 Å². The highest BCUT2D eigenvalue weighted by Gasteiger charge is 2.22. The maximum Gasteiger partial charge on any atom is 0.253 e. The predicted octanol–water partition coefficient (Wildman–Crippen LogP) is 2.94. The van der Waals surface area contributed by atoms with Crippen molar-refractivity contribution in [3.63, 3.8) is 0 Å². The van der Waals surface area contributed by atoms with Crippen LogP contribution in [0, 0.1) is 5.82 Å². The Bertz CT molecular complexity index is 771. The molecule has 1 heterocycles. The molecule has 0 bridgehead atoms. The maximum atomic E-state index is 13.8. The van der Waals surface area contributed by atoms with Crippen LogP contribution in [0.4, 0.5) is 4.39 Å². The highest BCUT2D eigenvalue weighted by atomic mass is 19.1. The van der Waals surface area contributed by atoms with Gasteiger partial charge in [0.15, 0.2) is 11.6 Å². The van der Waals surface area contributed by atoms with Crippen LogP contribution in [0.25, 0.3) is 0 Å². The van der Waals surface area contributed by atoms with Gasteiger partial charge >= 0.3 is 0 Å². The lowest BCUT2D eigenvalue weighted by Gasteiger charge is -2.34. The highest BCUT2D eigenvalue weighted by molar-refractivity contribution is 5.94. The van der Waals surface area contributed by atoms with Crippen molar-refractivity contribution in [1.29, 1.82) is 0 Å². The largest absolute Gasteiger partial charge is 0.494 e. The number of carbonyl (C=O) groups is 1. The van der Waals surface area contributed by atoms with Gasteiger partial charge in [-0.2, -0.15) is 0 Å². The molecule has 0 spiro atoms. The fourth-order valence-corrected chi connectivity index (χ4v) is 3.27. The van der Waals surface area contributed by atoms with Crippen LogP contribution < -0.4 is 4.74 Å². The number of piperazine rings is 1. The Morgan fingerprint density at radius 2 is 1.67 bits per heavy atom. The zero-order valence-corrected chi connectivity index (χ0v) is 15.8. The number of methoxy groups -OCH3 is 2. The lowest BCUT2D eigenvalue weighted by Crippen LogP contribution is -2.48. The first-order valence-corrected chi connectivity index (χ1v) is 9.02. The number of benzene rings is 2. The first-order valence-electron chi connectivity index (χ1n) is 9.02. The number of ether oxygens (including phenoxy) is 2. The lowest BCUT2D eigenvalue weighted by atomic mass is 10.1. The van der Waals surface area contributed by atoms with Crippen molar-refractivity contribution in [2.75, 3.05) is 40.4 Å². The average molecular weight is 372 g/mol. The van der Waals surface area contributed by atoms with E-state index in [4.69, 9.17) is 9.47 Å². The normalized spacial score (nSPS) is 15.0. The minimum Gasteiger partial charge on any atom is -0.494 e. The molecule has 1 aliphatic rings. The monoisotopic (exact) mass is 372 g/mol. The molecule has 0 N–H and O–H groups in total. The Kier molecular flexibility index (Phi) is 6.42. The minimum atomic E-state index is -0.347. The van der Waals surface area contributed by atoms with Crippen LogP contribution in [0.5, 0.6) is 5.75 Å². The second-order valence-corrected chi connectivity index (χ2v) is 6.67. The summed E-state index contributed by atoms with van der Waals surface area (Å²) in [7, 11) is 3.11. The van der Waals surface area contributed by atoms with E-state index >= 15 is 0 Å². The third-order valence-electron chi connectivity index (χ3n) is 4.79. The Labute approximate surface area is 159 Å². The van der Waals surface area contributed by atoms with E-state index in [-0.39, 0.29) is 17.5 Å². The first kappa shape index (κ1) is 19.3. The van der Waals surface area contributed by atoms with Gasteiger partial charge in [-0.3, -0.25) is 9.69 Å². The molecule has 1 fully saturated rings. The van der Waals surface area contributed by atoms with Crippen LogP contribution in [-0.2, 0) is 17.9 Å². The van der Waals surface area contributed by atoms with E-state index in [9.17, 15) is 9.18 Å². The van der Waals surface area contributed by atoms with E-state index in [1.807, 2.05) is 35.2 Å². The predicted molar refractivity (Wildman–Crippen MR) is 101 cm³/mol. The number of carbonyl (C=O) groups excluding carboxylic acids is 1. The summed E-state index contributed by atoms with van der Waals surface area (Å²) in [5.41, 5.74) is 2.65. The molecule has 27 heavy (non-hydrogen) atoms. The van der Waals surface area contributed by atoms with Crippen LogP contribution in [0.3, 0.4) is 0 Å². The molecule has 3 rings (SSSR count). The van der Waals surface area contributed by atoms with Gasteiger partial charge in [0, 0.05) is 45.4 Å². The molecule has 144 valence electrons. The fourth-order valence-electron chi connectivity index (χ4n) is 3.27. The topological polar surface area (TPSA) is 42.0 Å². The Hall–Kier alpha value is -2.44. The molecule has 0 saturated carbocycles. The molecule has 6 heteroatoms. The van der Waals surface area contributed by atoms with Gasteiger partial charge in [-0.05, 0) is 35.4 Å². The lowest BCUT2D eigenvalue weighted by molar-refractivity contribution is 0.0628. The van der Waals surface area contributed by atoms with Gasteiger partial charge in [-0.15, -0.1) is 0 Å². The number of rotatable bonds is 6. The number of hydrogen-bond donors (Lipinski definition) is 0. The van der Waals surface area contributed by atoms with Crippen molar-refractivity contribution in [3.05, 3.63) is 65.0 Å². The summed E-state index contributed by atoms with van der Waals surface area (Å²) in [6.07, 6.45) is 0. The summed E-state index contributed by atoms with van der Waals surface area (Å²) in [6.45, 7) is 4.06. The number of amides is 1. The molecule has 0 unspecified atom stereocenters. The van der Waals surface area contributed by atoms with E-state index in [0.717, 1.165) is 24.2 Å². The van der Waals surface area contributed by atoms with Gasteiger partial charge in [-0.1, -0.05) is 18.2 Å². The molecular formula is C21H25FN2O3. The zero-order chi connectivity index (χ0) is 19.2. The Morgan fingerprint density at radius 1 is 1.00 bits per heavy atom. The molecule has 0 radical (unpaired) electrons. The number of halogens is 1. The van der Waals surface area contributed by atoms with Crippen molar-refractivity contribution in [3.8, 4) is 5.75 Å². The first-order chi connectivity index (χ1) is 13.1. The van der Waals surface area contributed by atoms with Crippen LogP contribution in [-0.4, -0.2) is 56.1 Å². The molecule has 0 aromatic heterocycles. The van der Waals surface area contributed by atoms with Crippen LogP contribution in [0.2, 0.25) is 0 Å². The molecule has 1 amide bonds. The molecule has 0 aliphatic carbocycles. The summed E-state index contributed by atoms with van der Waals surface area (Å²) >= 11 is 0. The SMILES string of the molecule is COCc1ccc(C(=O)N2CCN(Cc3ccc(OC)c(F)c3)CC2)cc1. The minimum absolute atomic E-state index is 0.0501. The standard InChI is InChI=1S/C21H25FN2O3/c1-26-15-16-3-6-18(7-4-16)21(25)24-11-9-23(10-12-24)14-17-5-8-20(27-2)19(22)13-17/h3-8,13H,9-12,14-15H2,1-2H3. The van der Waals surface area contributed by atoms with Gasteiger partial charge in [-0.25, -0.2) is 4.39 Å². The van der Waals surface area contributed by atoms with E-state index in [1.54, 1.807) is 13.2 Å². The Morgan fingerprint density at radius 3 is 2.26 bits per heavy atom. The van der Waals surface area contributed by atoms with Crippen molar-refractivity contribution < 1.29 is 18.7 Å². The van der Waals surface area contributed by atoms with Gasteiger partial charge in [0.25, 0.3) is 5.91 Å². The molecule has 0 atom stereocenters. The highest BCUT2D eigenvalue weighted by Crippen LogP contribution is 2.19. The number of nitrogens with zero attached hydrogens (tertiary/aromatic N) is 2. The summed E-state index contributed by atoms with van der Waals surface area (Å²) in [5, 5.41) is 0. The molecule has 2 aromatic rings. The van der Waals surface area contributed by atoms with Crippen molar-refractivity contribution in [1.82, 2.24) is 9.80 Å². The van der Waals surface area contributed by atoms with Crippen molar-refractivity contribution >= 4 is 5.91 Å². The maximum absolute atomic E-state index is 13.8. The quantitative estimate of drug-likeness (QED) is 0.782. The van der Waals surface area contributed by atoms with Crippen LogP contribution in [0.1, 0.15) is 21.5 Å². The van der Waals surface area contributed by atoms with Gasteiger partial charge in [0.05, 0.1) is 13.7 Å².